The Morgan fingerprint density at radius 2 is 1.76 bits per heavy atom. The highest BCUT2D eigenvalue weighted by molar-refractivity contribution is 5.76. The van der Waals surface area contributed by atoms with Gasteiger partial charge in [-0.1, -0.05) is 12.1 Å². The van der Waals surface area contributed by atoms with Crippen molar-refractivity contribution in [3.8, 4) is 17.2 Å². The molecule has 7 heteroatoms. The third-order valence-corrected chi connectivity index (χ3v) is 4.21. The average Bonchev–Trinajstić information content (AvgIpc) is 2.73. The van der Waals surface area contributed by atoms with Crippen LogP contribution in [0.5, 0.6) is 17.2 Å². The molecule has 0 aliphatic heterocycles. The van der Waals surface area contributed by atoms with Gasteiger partial charge in [0, 0.05) is 19.2 Å². The van der Waals surface area contributed by atoms with Crippen LogP contribution in [-0.2, 0) is 17.8 Å². The fourth-order valence-corrected chi connectivity index (χ4v) is 2.68. The van der Waals surface area contributed by atoms with Crippen molar-refractivity contribution in [1.29, 1.82) is 0 Å². The third kappa shape index (κ3) is 5.75. The number of halogens is 2. The summed E-state index contributed by atoms with van der Waals surface area (Å²) in [5, 5.41) is 2.73. The quantitative estimate of drug-likeness (QED) is 0.611. The number of rotatable bonds is 8. The van der Waals surface area contributed by atoms with Gasteiger partial charge in [-0.25, -0.2) is 8.78 Å². The number of methoxy groups -OCH3 is 1. The van der Waals surface area contributed by atoms with Crippen LogP contribution in [0.25, 0.3) is 0 Å². The molecule has 29 heavy (non-hydrogen) atoms. The molecule has 0 unspecified atom stereocenters. The standard InChI is InChI=1S/C22H20F2N2O3/c1-28-20-7-4-15(11-18(20)23)6-9-22(27)26-13-16-5-8-21(19(24)12-16)29-17-3-2-10-25-14-17/h2-5,7-8,10-12,14H,6,9,13H2,1H3,(H,26,27). The zero-order valence-corrected chi connectivity index (χ0v) is 15.8. The number of hydrogen-bond donors (Lipinski definition) is 1. The highest BCUT2D eigenvalue weighted by Gasteiger charge is 2.09. The lowest BCUT2D eigenvalue weighted by Crippen LogP contribution is -2.23. The molecule has 0 aliphatic rings. The minimum Gasteiger partial charge on any atom is -0.494 e. The second-order valence-electron chi connectivity index (χ2n) is 6.30. The van der Waals surface area contributed by atoms with E-state index in [0.717, 1.165) is 0 Å². The second kappa shape index (κ2) is 9.64. The molecule has 1 heterocycles. The topological polar surface area (TPSA) is 60.5 Å². The minimum atomic E-state index is -0.533. The third-order valence-electron chi connectivity index (χ3n) is 4.21. The molecular formula is C22H20F2N2O3. The Labute approximate surface area is 167 Å². The lowest BCUT2D eigenvalue weighted by Gasteiger charge is -2.09. The van der Waals surface area contributed by atoms with Gasteiger partial charge in [-0.3, -0.25) is 9.78 Å². The predicted octanol–water partition coefficient (Wildman–Crippen LogP) is 4.41. The maximum Gasteiger partial charge on any atom is 0.220 e. The molecule has 0 radical (unpaired) electrons. The first-order valence-corrected chi connectivity index (χ1v) is 9.00. The van der Waals surface area contributed by atoms with Crippen LogP contribution >= 0.6 is 0 Å². The molecule has 1 N–H and O–H groups in total. The summed E-state index contributed by atoms with van der Waals surface area (Å²) >= 11 is 0. The Bertz CT molecular complexity index is 981. The number of pyridine rings is 1. The lowest BCUT2D eigenvalue weighted by molar-refractivity contribution is -0.121. The van der Waals surface area contributed by atoms with Crippen molar-refractivity contribution in [3.63, 3.8) is 0 Å². The minimum absolute atomic E-state index is 0.0783. The number of nitrogens with zero attached hydrogens (tertiary/aromatic N) is 1. The average molecular weight is 398 g/mol. The van der Waals surface area contributed by atoms with E-state index >= 15 is 0 Å². The summed E-state index contributed by atoms with van der Waals surface area (Å²) in [4.78, 5) is 15.9. The number of benzene rings is 2. The van der Waals surface area contributed by atoms with Crippen LogP contribution in [0.2, 0.25) is 0 Å². The summed E-state index contributed by atoms with van der Waals surface area (Å²) in [6, 6.07) is 12.4. The van der Waals surface area contributed by atoms with Crippen LogP contribution < -0.4 is 14.8 Å². The Balaban J connectivity index is 1.49. The van der Waals surface area contributed by atoms with Gasteiger partial charge >= 0.3 is 0 Å². The first-order chi connectivity index (χ1) is 14.0. The molecule has 0 aliphatic carbocycles. The molecule has 0 atom stereocenters. The van der Waals surface area contributed by atoms with Gasteiger partial charge in [-0.2, -0.15) is 0 Å². The van der Waals surface area contributed by atoms with Gasteiger partial charge in [-0.05, 0) is 53.9 Å². The van der Waals surface area contributed by atoms with Crippen LogP contribution in [0.4, 0.5) is 8.78 Å². The Hall–Kier alpha value is -3.48. The number of amides is 1. The number of hydrogen-bond acceptors (Lipinski definition) is 4. The molecule has 0 spiro atoms. The highest BCUT2D eigenvalue weighted by Crippen LogP contribution is 2.24. The van der Waals surface area contributed by atoms with Gasteiger partial charge in [0.25, 0.3) is 0 Å². The zero-order valence-electron chi connectivity index (χ0n) is 15.8. The molecule has 0 saturated heterocycles. The van der Waals surface area contributed by atoms with Crippen molar-refractivity contribution < 1.29 is 23.0 Å². The van der Waals surface area contributed by atoms with Crippen molar-refractivity contribution in [1.82, 2.24) is 10.3 Å². The molecule has 0 saturated carbocycles. The molecule has 0 fully saturated rings. The summed E-state index contributed by atoms with van der Waals surface area (Å²) in [6.07, 6.45) is 3.66. The van der Waals surface area contributed by atoms with E-state index in [1.165, 1.54) is 37.6 Å². The molecule has 3 rings (SSSR count). The predicted molar refractivity (Wildman–Crippen MR) is 104 cm³/mol. The number of carbonyl (C=O) groups excluding carboxylic acids is 1. The largest absolute Gasteiger partial charge is 0.494 e. The summed E-state index contributed by atoms with van der Waals surface area (Å²) in [5.41, 5.74) is 1.30. The number of nitrogens with one attached hydrogen (secondary N) is 1. The van der Waals surface area contributed by atoms with E-state index in [1.807, 2.05) is 0 Å². The Morgan fingerprint density at radius 3 is 2.45 bits per heavy atom. The normalized spacial score (nSPS) is 10.4. The smallest absolute Gasteiger partial charge is 0.220 e. The van der Waals surface area contributed by atoms with Crippen LogP contribution in [0.1, 0.15) is 17.5 Å². The van der Waals surface area contributed by atoms with Crippen molar-refractivity contribution in [2.24, 2.45) is 0 Å². The summed E-state index contributed by atoms with van der Waals surface area (Å²) in [7, 11) is 1.39. The zero-order chi connectivity index (χ0) is 20.6. The van der Waals surface area contributed by atoms with Crippen LogP contribution in [0.3, 0.4) is 0 Å². The number of carbonyl (C=O) groups is 1. The Kier molecular flexibility index (Phi) is 6.73. The molecule has 150 valence electrons. The maximum absolute atomic E-state index is 14.2. The fraction of sp³-hybridized carbons (Fsp3) is 0.182. The maximum atomic E-state index is 14.2. The number of aryl methyl sites for hydroxylation is 1. The van der Waals surface area contributed by atoms with Crippen molar-refractivity contribution in [2.75, 3.05) is 7.11 Å². The number of ether oxygens (including phenoxy) is 2. The van der Waals surface area contributed by atoms with Gasteiger partial charge in [0.05, 0.1) is 13.3 Å². The molecule has 0 bridgehead atoms. The van der Waals surface area contributed by atoms with Crippen molar-refractivity contribution in [2.45, 2.75) is 19.4 Å². The summed E-state index contributed by atoms with van der Waals surface area (Å²) in [5.74, 6) is -0.533. The van der Waals surface area contributed by atoms with E-state index in [4.69, 9.17) is 9.47 Å². The van der Waals surface area contributed by atoms with E-state index in [0.29, 0.717) is 23.3 Å². The van der Waals surface area contributed by atoms with Crippen LogP contribution in [-0.4, -0.2) is 18.0 Å². The summed E-state index contributed by atoms with van der Waals surface area (Å²) < 4.78 is 38.2. The molecule has 1 amide bonds. The molecule has 3 aromatic rings. The van der Waals surface area contributed by atoms with Gasteiger partial charge in [-0.15, -0.1) is 0 Å². The van der Waals surface area contributed by atoms with Crippen molar-refractivity contribution in [3.05, 3.63) is 83.7 Å². The number of aromatic nitrogens is 1. The molecule has 5 nitrogen and oxygen atoms in total. The Morgan fingerprint density at radius 1 is 1.03 bits per heavy atom. The van der Waals surface area contributed by atoms with Crippen LogP contribution in [0, 0.1) is 11.6 Å². The van der Waals surface area contributed by atoms with Gasteiger partial charge in [0.2, 0.25) is 5.91 Å². The SMILES string of the molecule is COc1ccc(CCC(=O)NCc2ccc(Oc3cccnc3)c(F)c2)cc1F. The first-order valence-electron chi connectivity index (χ1n) is 9.00. The monoisotopic (exact) mass is 398 g/mol. The van der Waals surface area contributed by atoms with E-state index < -0.39 is 11.6 Å². The van der Waals surface area contributed by atoms with Gasteiger partial charge in [0.15, 0.2) is 23.1 Å². The van der Waals surface area contributed by atoms with E-state index in [1.54, 1.807) is 30.5 Å². The summed E-state index contributed by atoms with van der Waals surface area (Å²) in [6.45, 7) is 0.180. The molecular weight excluding hydrogens is 378 g/mol. The van der Waals surface area contributed by atoms with Crippen molar-refractivity contribution >= 4 is 5.91 Å². The van der Waals surface area contributed by atoms with Crippen LogP contribution in [0.15, 0.2) is 60.9 Å². The van der Waals surface area contributed by atoms with Gasteiger partial charge < -0.3 is 14.8 Å². The van der Waals surface area contributed by atoms with Gasteiger partial charge in [0.1, 0.15) is 5.75 Å². The van der Waals surface area contributed by atoms with E-state index in [9.17, 15) is 13.6 Å². The molecule has 1 aromatic heterocycles. The second-order valence-corrected chi connectivity index (χ2v) is 6.30. The lowest BCUT2D eigenvalue weighted by atomic mass is 10.1. The first kappa shape index (κ1) is 20.3. The van der Waals surface area contributed by atoms with E-state index in [2.05, 4.69) is 10.3 Å². The molecule has 2 aromatic carbocycles. The highest BCUT2D eigenvalue weighted by atomic mass is 19.1. The van der Waals surface area contributed by atoms with E-state index in [-0.39, 0.29) is 30.4 Å². The fourth-order valence-electron chi connectivity index (χ4n) is 2.68.